The first-order chi connectivity index (χ1) is 11.2. The Kier molecular flexibility index (Phi) is 4.80. The highest BCUT2D eigenvalue weighted by atomic mass is 19.1. The van der Waals surface area contributed by atoms with Gasteiger partial charge in [-0.25, -0.2) is 9.37 Å². The number of aliphatic imine (C=N–C) groups is 1. The summed E-state index contributed by atoms with van der Waals surface area (Å²) in [6.45, 7) is 3.65. The fourth-order valence-corrected chi connectivity index (χ4v) is 2.47. The molecule has 0 fully saturated rings. The summed E-state index contributed by atoms with van der Waals surface area (Å²) in [4.78, 5) is 15.6. The van der Waals surface area contributed by atoms with Crippen LogP contribution in [0.5, 0.6) is 0 Å². The largest absolute Gasteiger partial charge is 0.337 e. The van der Waals surface area contributed by atoms with E-state index in [1.165, 1.54) is 12.1 Å². The summed E-state index contributed by atoms with van der Waals surface area (Å²) in [5.74, 6) is 1.15. The lowest BCUT2D eigenvalue weighted by Crippen LogP contribution is -2.29. The van der Waals surface area contributed by atoms with Crippen molar-refractivity contribution in [2.45, 2.75) is 26.2 Å². The Hall–Kier alpha value is -2.50. The molecule has 1 aliphatic heterocycles. The van der Waals surface area contributed by atoms with Gasteiger partial charge in [-0.2, -0.15) is 4.98 Å². The zero-order valence-corrected chi connectivity index (χ0v) is 13.2. The molecular formula is C17H20FN5. The van der Waals surface area contributed by atoms with Crippen LogP contribution < -0.4 is 10.2 Å². The normalized spacial score (nSPS) is 14.1. The Bertz CT molecular complexity index is 684. The van der Waals surface area contributed by atoms with Crippen molar-refractivity contribution in [2.75, 3.05) is 23.4 Å². The van der Waals surface area contributed by atoms with Gasteiger partial charge in [-0.3, -0.25) is 4.99 Å². The Morgan fingerprint density at radius 1 is 1.22 bits per heavy atom. The molecule has 1 N–H and O–H groups in total. The monoisotopic (exact) mass is 313 g/mol. The molecule has 6 heteroatoms. The second-order valence-electron chi connectivity index (χ2n) is 5.48. The molecule has 0 radical (unpaired) electrons. The SMILES string of the molecule is CCCc1cc(N2CCC=NC2)nc(Nc2ccc(F)cc2)n1. The number of nitrogens with one attached hydrogen (secondary N) is 1. The number of hydrogen-bond acceptors (Lipinski definition) is 5. The number of aryl methyl sites for hydroxylation is 1. The molecule has 1 aromatic carbocycles. The molecule has 2 heterocycles. The highest BCUT2D eigenvalue weighted by molar-refractivity contribution is 5.61. The summed E-state index contributed by atoms with van der Waals surface area (Å²) in [5.41, 5.74) is 1.76. The van der Waals surface area contributed by atoms with Crippen molar-refractivity contribution in [3.05, 3.63) is 41.8 Å². The number of nitrogens with zero attached hydrogens (tertiary/aromatic N) is 4. The molecule has 5 nitrogen and oxygen atoms in total. The minimum Gasteiger partial charge on any atom is -0.337 e. The van der Waals surface area contributed by atoms with Crippen molar-refractivity contribution in [3.8, 4) is 0 Å². The van der Waals surface area contributed by atoms with Gasteiger partial charge in [-0.1, -0.05) is 13.3 Å². The van der Waals surface area contributed by atoms with Crippen molar-refractivity contribution < 1.29 is 4.39 Å². The Balaban J connectivity index is 1.87. The van der Waals surface area contributed by atoms with Crippen LogP contribution >= 0.6 is 0 Å². The quantitative estimate of drug-likeness (QED) is 0.917. The molecule has 0 saturated carbocycles. The number of hydrogen-bond donors (Lipinski definition) is 1. The van der Waals surface area contributed by atoms with E-state index in [9.17, 15) is 4.39 Å². The fraction of sp³-hybridized carbons (Fsp3) is 0.353. The van der Waals surface area contributed by atoms with Crippen molar-refractivity contribution in [2.24, 2.45) is 4.99 Å². The van der Waals surface area contributed by atoms with Crippen molar-refractivity contribution in [1.82, 2.24) is 9.97 Å². The number of benzene rings is 1. The zero-order valence-electron chi connectivity index (χ0n) is 13.2. The summed E-state index contributed by atoms with van der Waals surface area (Å²) >= 11 is 0. The fourth-order valence-electron chi connectivity index (χ4n) is 2.47. The van der Waals surface area contributed by atoms with E-state index in [0.29, 0.717) is 12.6 Å². The summed E-state index contributed by atoms with van der Waals surface area (Å²) in [6.07, 6.45) is 4.78. The minimum atomic E-state index is -0.261. The lowest BCUT2D eigenvalue weighted by Gasteiger charge is -2.24. The minimum absolute atomic E-state index is 0.261. The average molecular weight is 313 g/mol. The van der Waals surface area contributed by atoms with E-state index in [0.717, 1.165) is 43.0 Å². The molecule has 3 rings (SSSR count). The highest BCUT2D eigenvalue weighted by Gasteiger charge is 2.13. The van der Waals surface area contributed by atoms with E-state index < -0.39 is 0 Å². The molecule has 0 bridgehead atoms. The topological polar surface area (TPSA) is 53.4 Å². The highest BCUT2D eigenvalue weighted by Crippen LogP contribution is 2.20. The summed E-state index contributed by atoms with van der Waals surface area (Å²) in [7, 11) is 0. The summed E-state index contributed by atoms with van der Waals surface area (Å²) in [6, 6.07) is 8.21. The molecule has 1 aromatic heterocycles. The number of aromatic nitrogens is 2. The molecule has 0 saturated heterocycles. The van der Waals surface area contributed by atoms with Gasteiger partial charge in [0.2, 0.25) is 5.95 Å². The molecule has 1 aliphatic rings. The van der Waals surface area contributed by atoms with Gasteiger partial charge in [0.05, 0.1) is 0 Å². The predicted octanol–water partition coefficient (Wildman–Crippen LogP) is 3.55. The number of anilines is 3. The van der Waals surface area contributed by atoms with Gasteiger partial charge in [0, 0.05) is 36.6 Å². The maximum atomic E-state index is 13.0. The molecule has 0 aliphatic carbocycles. The van der Waals surface area contributed by atoms with Gasteiger partial charge >= 0.3 is 0 Å². The number of halogens is 1. The first-order valence-corrected chi connectivity index (χ1v) is 7.88. The average Bonchev–Trinajstić information content (AvgIpc) is 2.58. The van der Waals surface area contributed by atoms with Crippen LogP contribution in [0.1, 0.15) is 25.5 Å². The van der Waals surface area contributed by atoms with Gasteiger partial charge in [-0.15, -0.1) is 0 Å². The second kappa shape index (κ2) is 7.17. The van der Waals surface area contributed by atoms with Gasteiger partial charge in [0.1, 0.15) is 18.3 Å². The first kappa shape index (κ1) is 15.4. The summed E-state index contributed by atoms with van der Waals surface area (Å²) < 4.78 is 13.0. The van der Waals surface area contributed by atoms with Gasteiger partial charge < -0.3 is 10.2 Å². The molecule has 0 amide bonds. The van der Waals surface area contributed by atoms with Gasteiger partial charge in [0.25, 0.3) is 0 Å². The third-order valence-electron chi connectivity index (χ3n) is 3.61. The summed E-state index contributed by atoms with van der Waals surface area (Å²) in [5, 5.41) is 3.16. The van der Waals surface area contributed by atoms with E-state index in [-0.39, 0.29) is 5.82 Å². The van der Waals surface area contributed by atoms with Crippen LogP contribution in [0.15, 0.2) is 35.3 Å². The standard InChI is InChI=1S/C17H20FN5/c1-2-4-15-11-16(23-10-3-9-19-12-23)22-17(21-15)20-14-7-5-13(18)6-8-14/h5-9,11H,2-4,10,12H2,1H3,(H,20,21,22). The van der Waals surface area contributed by atoms with Crippen molar-refractivity contribution in [3.63, 3.8) is 0 Å². The van der Waals surface area contributed by atoms with Crippen LogP contribution in [0.4, 0.5) is 21.8 Å². The third kappa shape index (κ3) is 4.03. The van der Waals surface area contributed by atoms with Crippen LogP contribution in [0.25, 0.3) is 0 Å². The van der Waals surface area contributed by atoms with Crippen LogP contribution in [-0.2, 0) is 6.42 Å². The Labute approximate surface area is 135 Å². The second-order valence-corrected chi connectivity index (χ2v) is 5.48. The molecular weight excluding hydrogens is 293 g/mol. The van der Waals surface area contributed by atoms with E-state index in [2.05, 4.69) is 32.1 Å². The molecule has 23 heavy (non-hydrogen) atoms. The first-order valence-electron chi connectivity index (χ1n) is 7.88. The lowest BCUT2D eigenvalue weighted by atomic mass is 10.2. The van der Waals surface area contributed by atoms with Crippen LogP contribution in [-0.4, -0.2) is 29.4 Å². The van der Waals surface area contributed by atoms with E-state index in [1.807, 2.05) is 12.3 Å². The molecule has 0 unspecified atom stereocenters. The zero-order chi connectivity index (χ0) is 16.1. The third-order valence-corrected chi connectivity index (χ3v) is 3.61. The molecule has 0 spiro atoms. The van der Waals surface area contributed by atoms with Gasteiger partial charge in [-0.05, 0) is 30.7 Å². The van der Waals surface area contributed by atoms with Crippen molar-refractivity contribution in [1.29, 1.82) is 0 Å². The Morgan fingerprint density at radius 3 is 2.74 bits per heavy atom. The van der Waals surface area contributed by atoms with Crippen LogP contribution in [0.3, 0.4) is 0 Å². The lowest BCUT2D eigenvalue weighted by molar-refractivity contribution is 0.628. The smallest absolute Gasteiger partial charge is 0.229 e. The molecule has 2 aromatic rings. The van der Waals surface area contributed by atoms with Crippen LogP contribution in [0, 0.1) is 5.82 Å². The number of rotatable bonds is 5. The van der Waals surface area contributed by atoms with E-state index in [4.69, 9.17) is 0 Å². The van der Waals surface area contributed by atoms with Gasteiger partial charge in [0.15, 0.2) is 0 Å². The maximum absolute atomic E-state index is 13.0. The maximum Gasteiger partial charge on any atom is 0.229 e. The van der Waals surface area contributed by atoms with E-state index >= 15 is 0 Å². The van der Waals surface area contributed by atoms with Crippen LogP contribution in [0.2, 0.25) is 0 Å². The van der Waals surface area contributed by atoms with E-state index in [1.54, 1.807) is 12.1 Å². The predicted molar refractivity (Wildman–Crippen MR) is 91.0 cm³/mol. The Morgan fingerprint density at radius 2 is 2.04 bits per heavy atom. The molecule has 0 atom stereocenters. The van der Waals surface area contributed by atoms with Crippen molar-refractivity contribution >= 4 is 23.7 Å². The molecule has 120 valence electrons.